The molecule has 1 aromatic carbocycles. The quantitative estimate of drug-likeness (QED) is 0.695. The minimum absolute atomic E-state index is 0.0104. The molecular formula is C21H23ClN4O. The first-order chi connectivity index (χ1) is 13.1. The van der Waals surface area contributed by atoms with E-state index in [1.807, 2.05) is 35.8 Å². The maximum absolute atomic E-state index is 12.6. The highest BCUT2D eigenvalue weighted by Gasteiger charge is 2.30. The highest BCUT2D eigenvalue weighted by Crippen LogP contribution is 2.38. The molecule has 0 aliphatic heterocycles. The fourth-order valence-corrected chi connectivity index (χ4v) is 4.21. The highest BCUT2D eigenvalue weighted by atomic mass is 35.5. The molecule has 1 fully saturated rings. The Hall–Kier alpha value is -2.40. The van der Waals surface area contributed by atoms with Gasteiger partial charge in [-0.1, -0.05) is 18.5 Å². The molecule has 5 nitrogen and oxygen atoms in total. The van der Waals surface area contributed by atoms with Crippen molar-refractivity contribution in [1.29, 1.82) is 0 Å². The van der Waals surface area contributed by atoms with Crippen molar-refractivity contribution in [1.82, 2.24) is 14.6 Å². The lowest BCUT2D eigenvalue weighted by atomic mass is 9.75. The van der Waals surface area contributed by atoms with Gasteiger partial charge in [0.25, 0.3) is 0 Å². The van der Waals surface area contributed by atoms with E-state index in [0.29, 0.717) is 16.9 Å². The molecule has 1 aliphatic rings. The van der Waals surface area contributed by atoms with Crippen molar-refractivity contribution >= 4 is 28.8 Å². The third-order valence-electron chi connectivity index (χ3n) is 5.74. The highest BCUT2D eigenvalue weighted by molar-refractivity contribution is 6.30. The predicted molar refractivity (Wildman–Crippen MR) is 107 cm³/mol. The summed E-state index contributed by atoms with van der Waals surface area (Å²) >= 11 is 5.90. The van der Waals surface area contributed by atoms with Gasteiger partial charge in [0.05, 0.1) is 6.20 Å². The van der Waals surface area contributed by atoms with Crippen LogP contribution in [0.15, 0.2) is 48.8 Å². The van der Waals surface area contributed by atoms with Gasteiger partial charge in [0.2, 0.25) is 5.91 Å². The first kappa shape index (κ1) is 18.0. The number of carbonyl (C=O) groups excluding carboxylic acids is 1. The van der Waals surface area contributed by atoms with Gasteiger partial charge in [-0.2, -0.15) is 5.10 Å². The molecule has 1 N–H and O–H groups in total. The Morgan fingerprint density at radius 1 is 1.11 bits per heavy atom. The fraction of sp³-hybridized carbons (Fsp3) is 0.381. The Morgan fingerprint density at radius 3 is 2.59 bits per heavy atom. The van der Waals surface area contributed by atoms with Crippen molar-refractivity contribution in [3.63, 3.8) is 0 Å². The maximum atomic E-state index is 12.6. The molecule has 0 unspecified atom stereocenters. The van der Waals surface area contributed by atoms with Gasteiger partial charge in [-0.3, -0.25) is 4.79 Å². The summed E-state index contributed by atoms with van der Waals surface area (Å²) in [6, 6.07) is 11.3. The van der Waals surface area contributed by atoms with Gasteiger partial charge < -0.3 is 5.32 Å². The van der Waals surface area contributed by atoms with E-state index in [0.717, 1.165) is 37.0 Å². The number of amides is 1. The number of hydrogen-bond donors (Lipinski definition) is 1. The number of halogens is 1. The van der Waals surface area contributed by atoms with Crippen LogP contribution in [0.4, 0.5) is 5.69 Å². The minimum Gasteiger partial charge on any atom is -0.326 e. The normalized spacial score (nSPS) is 21.1. The number of benzene rings is 1. The number of hydrogen-bond acceptors (Lipinski definition) is 3. The van der Waals surface area contributed by atoms with Gasteiger partial charge in [-0.25, -0.2) is 9.50 Å². The van der Waals surface area contributed by atoms with Gasteiger partial charge in [0.15, 0.2) is 5.65 Å². The predicted octanol–water partition coefficient (Wildman–Crippen LogP) is 4.93. The third-order valence-corrected chi connectivity index (χ3v) is 5.99. The number of nitrogens with one attached hydrogen (secondary N) is 1. The molecule has 0 bridgehead atoms. The number of rotatable bonds is 4. The van der Waals surface area contributed by atoms with Crippen molar-refractivity contribution in [2.24, 2.45) is 11.8 Å². The average Bonchev–Trinajstić information content (AvgIpc) is 3.18. The van der Waals surface area contributed by atoms with Crippen LogP contribution >= 0.6 is 11.6 Å². The summed E-state index contributed by atoms with van der Waals surface area (Å²) < 4.78 is 1.95. The van der Waals surface area contributed by atoms with Crippen LogP contribution in [-0.4, -0.2) is 20.5 Å². The zero-order valence-corrected chi connectivity index (χ0v) is 16.1. The van der Waals surface area contributed by atoms with Gasteiger partial charge in [-0.15, -0.1) is 0 Å². The molecule has 1 saturated carbocycles. The molecule has 3 aromatic rings. The molecule has 27 heavy (non-hydrogen) atoms. The van der Waals surface area contributed by atoms with E-state index in [1.54, 1.807) is 18.3 Å². The van der Waals surface area contributed by atoms with E-state index in [4.69, 9.17) is 11.6 Å². The lowest BCUT2D eigenvalue weighted by molar-refractivity contribution is -0.121. The van der Waals surface area contributed by atoms with Crippen LogP contribution in [0.1, 0.15) is 44.2 Å². The summed E-state index contributed by atoms with van der Waals surface area (Å²) in [6.07, 6.45) is 7.89. The second kappa shape index (κ2) is 7.69. The lowest BCUT2D eigenvalue weighted by Gasteiger charge is -2.32. The van der Waals surface area contributed by atoms with Crippen molar-refractivity contribution in [3.05, 3.63) is 59.5 Å². The number of fused-ring (bicyclic) bond motifs is 1. The summed E-state index contributed by atoms with van der Waals surface area (Å²) in [7, 11) is 0. The zero-order valence-electron chi connectivity index (χ0n) is 15.3. The number of nitrogens with zero attached hydrogens (tertiary/aromatic N) is 3. The molecule has 1 atom stereocenters. The van der Waals surface area contributed by atoms with Crippen LogP contribution in [0, 0.1) is 11.8 Å². The standard InChI is InChI=1S/C21H23ClN4O/c1-14(21(27)25-18-8-6-17(22)7-9-18)15-2-4-16(5-3-15)19-10-12-23-20-11-13-24-26(19)20/h6-16H,2-5H2,1H3,(H,25,27)/t14-,15?,16?/m0/s1. The first-order valence-electron chi connectivity index (χ1n) is 9.47. The lowest BCUT2D eigenvalue weighted by Crippen LogP contribution is -2.29. The van der Waals surface area contributed by atoms with Gasteiger partial charge in [0.1, 0.15) is 0 Å². The van der Waals surface area contributed by atoms with E-state index in [9.17, 15) is 4.79 Å². The Morgan fingerprint density at radius 2 is 1.85 bits per heavy atom. The Labute approximate surface area is 163 Å². The molecule has 140 valence electrons. The van der Waals surface area contributed by atoms with Crippen LogP contribution in [0.5, 0.6) is 0 Å². The van der Waals surface area contributed by atoms with E-state index in [2.05, 4.69) is 21.5 Å². The van der Waals surface area contributed by atoms with Crippen molar-refractivity contribution < 1.29 is 4.79 Å². The number of aromatic nitrogens is 3. The topological polar surface area (TPSA) is 59.3 Å². The molecular weight excluding hydrogens is 360 g/mol. The van der Waals surface area contributed by atoms with Crippen LogP contribution in [0.3, 0.4) is 0 Å². The zero-order chi connectivity index (χ0) is 18.8. The maximum Gasteiger partial charge on any atom is 0.227 e. The van der Waals surface area contributed by atoms with Gasteiger partial charge in [-0.05, 0) is 61.9 Å². The summed E-state index contributed by atoms with van der Waals surface area (Å²) in [4.78, 5) is 17.0. The van der Waals surface area contributed by atoms with Gasteiger partial charge in [0, 0.05) is 40.5 Å². The fourth-order valence-electron chi connectivity index (χ4n) is 4.08. The van der Waals surface area contributed by atoms with E-state index >= 15 is 0 Å². The molecule has 1 amide bonds. The summed E-state index contributed by atoms with van der Waals surface area (Å²) in [5.41, 5.74) is 2.91. The SMILES string of the molecule is C[C@H](C(=O)Nc1ccc(Cl)cc1)C1CCC(c2ccnc3ccnn23)CC1. The van der Waals surface area contributed by atoms with E-state index in [-0.39, 0.29) is 11.8 Å². The van der Waals surface area contributed by atoms with Crippen molar-refractivity contribution in [2.45, 2.75) is 38.5 Å². The van der Waals surface area contributed by atoms with Crippen LogP contribution in [-0.2, 0) is 4.79 Å². The molecule has 4 rings (SSSR count). The molecule has 2 aromatic heterocycles. The van der Waals surface area contributed by atoms with Crippen molar-refractivity contribution in [2.75, 3.05) is 5.32 Å². The van der Waals surface area contributed by atoms with Crippen LogP contribution in [0.25, 0.3) is 5.65 Å². The minimum atomic E-state index is -0.0104. The largest absolute Gasteiger partial charge is 0.326 e. The first-order valence-corrected chi connectivity index (χ1v) is 9.84. The second-order valence-electron chi connectivity index (χ2n) is 7.37. The average molecular weight is 383 g/mol. The third kappa shape index (κ3) is 3.83. The smallest absolute Gasteiger partial charge is 0.227 e. The molecule has 0 spiro atoms. The summed E-state index contributed by atoms with van der Waals surface area (Å²) in [5.74, 6) is 0.949. The summed E-state index contributed by atoms with van der Waals surface area (Å²) in [5, 5.41) is 8.09. The number of carbonyl (C=O) groups is 1. The Kier molecular flexibility index (Phi) is 5.12. The number of anilines is 1. The van der Waals surface area contributed by atoms with E-state index in [1.165, 1.54) is 5.69 Å². The molecule has 2 heterocycles. The molecule has 0 saturated heterocycles. The van der Waals surface area contributed by atoms with Gasteiger partial charge >= 0.3 is 0 Å². The molecule has 0 radical (unpaired) electrons. The summed E-state index contributed by atoms with van der Waals surface area (Å²) in [6.45, 7) is 2.04. The second-order valence-corrected chi connectivity index (χ2v) is 7.80. The van der Waals surface area contributed by atoms with Crippen LogP contribution < -0.4 is 5.32 Å². The Balaban J connectivity index is 1.37. The molecule has 6 heteroatoms. The Bertz CT molecular complexity index is 929. The monoisotopic (exact) mass is 382 g/mol. The van der Waals surface area contributed by atoms with E-state index < -0.39 is 0 Å². The van der Waals surface area contributed by atoms with Crippen molar-refractivity contribution in [3.8, 4) is 0 Å². The van der Waals surface area contributed by atoms with Crippen LogP contribution in [0.2, 0.25) is 5.02 Å². The molecule has 1 aliphatic carbocycles.